The van der Waals surface area contributed by atoms with Gasteiger partial charge in [-0.2, -0.15) is 13.2 Å². The molecule has 0 heterocycles. The van der Waals surface area contributed by atoms with Gasteiger partial charge in [-0.1, -0.05) is 120 Å². The van der Waals surface area contributed by atoms with Crippen LogP contribution < -0.4 is 0 Å². The number of benzene rings is 6. The Morgan fingerprint density at radius 2 is 0.868 bits per heavy atom. The fraction of sp³-hybridized carbons (Fsp3) is 0.0857. The summed E-state index contributed by atoms with van der Waals surface area (Å²) in [4.78, 5) is 0. The monoisotopic (exact) mass is 502 g/mol. The van der Waals surface area contributed by atoms with E-state index in [1.165, 1.54) is 6.07 Å². The van der Waals surface area contributed by atoms with Crippen LogP contribution in [0.15, 0.2) is 115 Å². The molecule has 0 aliphatic rings. The topological polar surface area (TPSA) is 0 Å². The first-order chi connectivity index (χ1) is 18.3. The number of halogens is 3. The van der Waals surface area contributed by atoms with Gasteiger partial charge in [-0.3, -0.25) is 0 Å². The highest BCUT2D eigenvalue weighted by molar-refractivity contribution is 6.13. The average Bonchev–Trinajstić information content (AvgIpc) is 2.92. The maximum Gasteiger partial charge on any atom is 0.417 e. The molecular formula is C35H25F3. The van der Waals surface area contributed by atoms with Crippen molar-refractivity contribution in [1.29, 1.82) is 0 Å². The molecule has 0 spiro atoms. The zero-order valence-electron chi connectivity index (χ0n) is 21.1. The third-order valence-electron chi connectivity index (χ3n) is 7.27. The van der Waals surface area contributed by atoms with Crippen LogP contribution in [0.25, 0.3) is 54.9 Å². The second kappa shape index (κ2) is 9.18. The molecule has 0 radical (unpaired) electrons. The first kappa shape index (κ1) is 24.0. The smallest absolute Gasteiger partial charge is 0.166 e. The Morgan fingerprint density at radius 1 is 0.447 bits per heavy atom. The molecule has 0 unspecified atom stereocenters. The molecule has 0 amide bonds. The van der Waals surface area contributed by atoms with Crippen LogP contribution in [-0.4, -0.2) is 0 Å². The van der Waals surface area contributed by atoms with Crippen LogP contribution in [0.4, 0.5) is 13.2 Å². The Hall–Kier alpha value is -4.37. The minimum Gasteiger partial charge on any atom is -0.166 e. The maximum atomic E-state index is 14.8. The molecule has 6 rings (SSSR count). The van der Waals surface area contributed by atoms with Gasteiger partial charge < -0.3 is 0 Å². The van der Waals surface area contributed by atoms with Gasteiger partial charge in [-0.25, -0.2) is 0 Å². The fourth-order valence-corrected chi connectivity index (χ4v) is 5.36. The first-order valence-corrected chi connectivity index (χ1v) is 12.6. The summed E-state index contributed by atoms with van der Waals surface area (Å²) >= 11 is 0. The fourth-order valence-electron chi connectivity index (χ4n) is 5.36. The van der Waals surface area contributed by atoms with E-state index in [1.54, 1.807) is 6.07 Å². The quantitative estimate of drug-likeness (QED) is 0.226. The van der Waals surface area contributed by atoms with Gasteiger partial charge in [0.05, 0.1) is 5.56 Å². The van der Waals surface area contributed by atoms with Crippen molar-refractivity contribution in [3.63, 3.8) is 0 Å². The van der Waals surface area contributed by atoms with Gasteiger partial charge >= 0.3 is 6.18 Å². The predicted octanol–water partition coefficient (Wildman–Crippen LogP) is 10.6. The van der Waals surface area contributed by atoms with Crippen molar-refractivity contribution in [2.45, 2.75) is 20.0 Å². The normalized spacial score (nSPS) is 11.8. The lowest BCUT2D eigenvalue weighted by Gasteiger charge is -2.21. The largest absolute Gasteiger partial charge is 0.417 e. The molecule has 0 fully saturated rings. The van der Waals surface area contributed by atoms with E-state index >= 15 is 0 Å². The lowest BCUT2D eigenvalue weighted by Crippen LogP contribution is -2.08. The van der Waals surface area contributed by atoms with Crippen LogP contribution in [0.5, 0.6) is 0 Å². The van der Waals surface area contributed by atoms with E-state index in [4.69, 9.17) is 0 Å². The second-order valence-corrected chi connectivity index (χ2v) is 9.83. The molecule has 38 heavy (non-hydrogen) atoms. The third kappa shape index (κ3) is 4.14. The highest BCUT2D eigenvalue weighted by Crippen LogP contribution is 2.47. The van der Waals surface area contributed by atoms with Crippen molar-refractivity contribution in [2.24, 2.45) is 0 Å². The van der Waals surface area contributed by atoms with E-state index in [0.717, 1.165) is 44.0 Å². The molecule has 3 heteroatoms. The molecular weight excluding hydrogens is 477 g/mol. The van der Waals surface area contributed by atoms with Crippen LogP contribution >= 0.6 is 0 Å². The highest BCUT2D eigenvalue weighted by atomic mass is 19.4. The van der Waals surface area contributed by atoms with Gasteiger partial charge in [-0.15, -0.1) is 0 Å². The number of hydrogen-bond donors (Lipinski definition) is 0. The summed E-state index contributed by atoms with van der Waals surface area (Å²) in [6.07, 6.45) is -4.53. The summed E-state index contributed by atoms with van der Waals surface area (Å²) in [6.45, 7) is 4.01. The summed E-state index contributed by atoms with van der Waals surface area (Å²) in [7, 11) is 0. The minimum absolute atomic E-state index is 0.218. The van der Waals surface area contributed by atoms with E-state index in [0.29, 0.717) is 16.5 Å². The van der Waals surface area contributed by atoms with Gasteiger partial charge in [-0.05, 0) is 69.3 Å². The molecule has 0 bridgehead atoms. The van der Waals surface area contributed by atoms with Crippen molar-refractivity contribution in [1.82, 2.24) is 0 Å². The van der Waals surface area contributed by atoms with Crippen molar-refractivity contribution in [3.8, 4) is 33.4 Å². The number of fused-ring (bicyclic) bond motifs is 2. The molecule has 0 saturated carbocycles. The van der Waals surface area contributed by atoms with E-state index in [9.17, 15) is 13.2 Å². The highest BCUT2D eigenvalue weighted by Gasteiger charge is 2.36. The zero-order valence-corrected chi connectivity index (χ0v) is 21.1. The van der Waals surface area contributed by atoms with Gasteiger partial charge in [0.2, 0.25) is 0 Å². The molecule has 0 aliphatic carbocycles. The average molecular weight is 503 g/mol. The number of hydrogen-bond acceptors (Lipinski definition) is 0. The summed E-state index contributed by atoms with van der Waals surface area (Å²) in [5.74, 6) is 0. The van der Waals surface area contributed by atoms with Gasteiger partial charge in [0.15, 0.2) is 0 Å². The Bertz CT molecular complexity index is 1790. The summed E-state index contributed by atoms with van der Waals surface area (Å²) in [6, 6.07) is 36.2. The van der Waals surface area contributed by atoms with E-state index < -0.39 is 11.7 Å². The van der Waals surface area contributed by atoms with E-state index in [2.05, 4.69) is 24.3 Å². The molecule has 0 atom stereocenters. The second-order valence-electron chi connectivity index (χ2n) is 9.83. The molecule has 0 saturated heterocycles. The van der Waals surface area contributed by atoms with Crippen molar-refractivity contribution >= 4 is 21.5 Å². The number of rotatable bonds is 3. The summed E-state index contributed by atoms with van der Waals surface area (Å²) < 4.78 is 44.4. The molecule has 186 valence electrons. The molecule has 6 aromatic rings. The molecule has 0 nitrogen and oxygen atoms in total. The number of alkyl halides is 3. The van der Waals surface area contributed by atoms with Gasteiger partial charge in [0.1, 0.15) is 0 Å². The standard InChI is InChI=1S/C35H25F3/c1-22-11-15-24(16-12-22)26-19-20-31(28-8-4-3-7-27(26)28)34-30-10-6-5-9-29(30)32(21-33(34)35(36,37)38)25-17-13-23(2)14-18-25/h3-21H,1-2H3. The van der Waals surface area contributed by atoms with Crippen LogP contribution in [0, 0.1) is 13.8 Å². The van der Waals surface area contributed by atoms with Crippen LogP contribution in [-0.2, 0) is 6.18 Å². The lowest BCUT2D eigenvalue weighted by molar-refractivity contribution is -0.137. The maximum absolute atomic E-state index is 14.8. The van der Waals surface area contributed by atoms with Gasteiger partial charge in [0, 0.05) is 5.56 Å². The van der Waals surface area contributed by atoms with E-state index in [1.807, 2.05) is 92.7 Å². The third-order valence-corrected chi connectivity index (χ3v) is 7.27. The summed E-state index contributed by atoms with van der Waals surface area (Å²) in [5.41, 5.74) is 5.77. The minimum atomic E-state index is -4.53. The zero-order chi connectivity index (χ0) is 26.4. The van der Waals surface area contributed by atoms with Crippen molar-refractivity contribution < 1.29 is 13.2 Å². The van der Waals surface area contributed by atoms with Crippen molar-refractivity contribution in [3.05, 3.63) is 132 Å². The van der Waals surface area contributed by atoms with Crippen LogP contribution in [0.1, 0.15) is 16.7 Å². The Labute approximate surface area is 220 Å². The molecule has 6 aromatic carbocycles. The van der Waals surface area contributed by atoms with Crippen molar-refractivity contribution in [2.75, 3.05) is 0 Å². The summed E-state index contributed by atoms with van der Waals surface area (Å²) in [5, 5.41) is 3.11. The van der Waals surface area contributed by atoms with E-state index in [-0.39, 0.29) is 5.56 Å². The Morgan fingerprint density at radius 3 is 1.39 bits per heavy atom. The molecule has 0 aliphatic heterocycles. The molecule has 0 N–H and O–H groups in total. The van der Waals surface area contributed by atoms with Crippen LogP contribution in [0.2, 0.25) is 0 Å². The first-order valence-electron chi connectivity index (χ1n) is 12.6. The van der Waals surface area contributed by atoms with Gasteiger partial charge in [0.25, 0.3) is 0 Å². The Balaban J connectivity index is 1.69. The Kier molecular flexibility index (Phi) is 5.80. The SMILES string of the molecule is Cc1ccc(-c2ccc(-c3c(C(F)(F)F)cc(-c4ccc(C)cc4)c4ccccc34)c3ccccc23)cc1. The number of aryl methyl sites for hydroxylation is 2. The predicted molar refractivity (Wildman–Crippen MR) is 152 cm³/mol. The lowest BCUT2D eigenvalue weighted by atomic mass is 9.85. The molecule has 0 aromatic heterocycles. The van der Waals surface area contributed by atoms with Crippen LogP contribution in [0.3, 0.4) is 0 Å².